The molecule has 1 amide bonds. The largest absolute Gasteiger partial charge is 0.480 e. The topological polar surface area (TPSA) is 78.4 Å². The molecule has 114 valence electrons. The lowest BCUT2D eigenvalue weighted by molar-refractivity contribution is -0.148. The second kappa shape index (κ2) is 6.12. The fraction of sp³-hybridized carbons (Fsp3) is 0.867. The molecule has 0 bridgehead atoms. The van der Waals surface area contributed by atoms with Crippen molar-refractivity contribution in [3.8, 4) is 0 Å². The highest BCUT2D eigenvalue weighted by molar-refractivity contribution is 5.87. The predicted molar refractivity (Wildman–Crippen MR) is 76.3 cm³/mol. The van der Waals surface area contributed by atoms with Crippen molar-refractivity contribution in [2.24, 2.45) is 17.8 Å². The maximum absolute atomic E-state index is 12.2. The molecular weight excluding hydrogens is 256 g/mol. The molecule has 5 heteroatoms. The minimum Gasteiger partial charge on any atom is -0.480 e. The molecule has 1 saturated carbocycles. The Morgan fingerprint density at radius 2 is 2.10 bits per heavy atom. The summed E-state index contributed by atoms with van der Waals surface area (Å²) in [6.07, 6.45) is 4.52. The van der Waals surface area contributed by atoms with Gasteiger partial charge in [0, 0.05) is 6.42 Å². The first-order chi connectivity index (χ1) is 9.43. The summed E-state index contributed by atoms with van der Waals surface area (Å²) in [6.45, 7) is 5.76. The van der Waals surface area contributed by atoms with E-state index in [-0.39, 0.29) is 11.8 Å². The van der Waals surface area contributed by atoms with E-state index in [9.17, 15) is 14.7 Å². The van der Waals surface area contributed by atoms with Crippen LogP contribution in [0.5, 0.6) is 0 Å². The molecule has 0 spiro atoms. The van der Waals surface area contributed by atoms with Gasteiger partial charge in [-0.25, -0.2) is 4.79 Å². The van der Waals surface area contributed by atoms with E-state index >= 15 is 0 Å². The van der Waals surface area contributed by atoms with Gasteiger partial charge in [-0.2, -0.15) is 0 Å². The van der Waals surface area contributed by atoms with Crippen molar-refractivity contribution in [2.45, 2.75) is 51.5 Å². The van der Waals surface area contributed by atoms with Gasteiger partial charge in [0.1, 0.15) is 5.54 Å². The smallest absolute Gasteiger partial charge is 0.329 e. The molecule has 2 aliphatic rings. The van der Waals surface area contributed by atoms with Crippen LogP contribution in [0.3, 0.4) is 0 Å². The van der Waals surface area contributed by atoms with Crippen molar-refractivity contribution in [3.63, 3.8) is 0 Å². The van der Waals surface area contributed by atoms with E-state index in [1.807, 2.05) is 0 Å². The van der Waals surface area contributed by atoms with Gasteiger partial charge in [0.15, 0.2) is 0 Å². The molecule has 0 radical (unpaired) electrons. The van der Waals surface area contributed by atoms with Crippen molar-refractivity contribution in [1.29, 1.82) is 0 Å². The van der Waals surface area contributed by atoms with Gasteiger partial charge in [-0.15, -0.1) is 0 Å². The first-order valence-electron chi connectivity index (χ1n) is 7.68. The maximum atomic E-state index is 12.2. The lowest BCUT2D eigenvalue weighted by atomic mass is 9.85. The average Bonchev–Trinajstić information content (AvgIpc) is 3.23. The van der Waals surface area contributed by atoms with Crippen LogP contribution >= 0.6 is 0 Å². The quantitative estimate of drug-likeness (QED) is 0.688. The second-order valence-electron chi connectivity index (χ2n) is 6.62. The molecule has 0 aromatic rings. The van der Waals surface area contributed by atoms with Crippen LogP contribution in [-0.4, -0.2) is 35.6 Å². The summed E-state index contributed by atoms with van der Waals surface area (Å²) in [7, 11) is 0. The van der Waals surface area contributed by atoms with Gasteiger partial charge in [0.25, 0.3) is 0 Å². The number of carboxylic acid groups (broad SMARTS) is 1. The van der Waals surface area contributed by atoms with Gasteiger partial charge in [0.2, 0.25) is 5.91 Å². The maximum Gasteiger partial charge on any atom is 0.329 e. The summed E-state index contributed by atoms with van der Waals surface area (Å²) < 4.78 is 0. The monoisotopic (exact) mass is 282 g/mol. The molecule has 3 N–H and O–H groups in total. The highest BCUT2D eigenvalue weighted by Gasteiger charge is 2.48. The highest BCUT2D eigenvalue weighted by Crippen LogP contribution is 2.39. The van der Waals surface area contributed by atoms with Crippen LogP contribution in [0, 0.1) is 17.8 Å². The highest BCUT2D eigenvalue weighted by atomic mass is 16.4. The summed E-state index contributed by atoms with van der Waals surface area (Å²) in [6, 6.07) is 0. The van der Waals surface area contributed by atoms with Gasteiger partial charge in [-0.3, -0.25) is 4.79 Å². The van der Waals surface area contributed by atoms with E-state index < -0.39 is 11.5 Å². The number of nitrogens with one attached hydrogen (secondary N) is 2. The molecule has 1 saturated heterocycles. The molecular formula is C15H26N2O3. The van der Waals surface area contributed by atoms with E-state index in [0.29, 0.717) is 18.3 Å². The minimum atomic E-state index is -1.08. The predicted octanol–water partition coefficient (Wildman–Crippen LogP) is 1.38. The number of rotatable bonds is 6. The molecule has 2 rings (SSSR count). The number of hydrogen-bond donors (Lipinski definition) is 3. The Balaban J connectivity index is 1.86. The van der Waals surface area contributed by atoms with Gasteiger partial charge in [0.05, 0.1) is 0 Å². The molecule has 20 heavy (non-hydrogen) atoms. The first-order valence-corrected chi connectivity index (χ1v) is 7.68. The third-order valence-corrected chi connectivity index (χ3v) is 4.88. The molecule has 0 aromatic carbocycles. The van der Waals surface area contributed by atoms with Crippen molar-refractivity contribution < 1.29 is 14.7 Å². The summed E-state index contributed by atoms with van der Waals surface area (Å²) in [5.74, 6) is -0.137. The molecule has 5 nitrogen and oxygen atoms in total. The minimum absolute atomic E-state index is 0.0932. The summed E-state index contributed by atoms with van der Waals surface area (Å²) in [5.41, 5.74) is -1.08. The Morgan fingerprint density at radius 3 is 2.60 bits per heavy atom. The average molecular weight is 282 g/mol. The molecule has 3 unspecified atom stereocenters. The molecule has 0 aromatic heterocycles. The van der Waals surface area contributed by atoms with E-state index in [2.05, 4.69) is 17.6 Å². The van der Waals surface area contributed by atoms with Crippen LogP contribution in [0.1, 0.15) is 46.0 Å². The summed E-state index contributed by atoms with van der Waals surface area (Å²) >= 11 is 0. The Bertz CT molecular complexity index is 375. The van der Waals surface area contributed by atoms with Crippen LogP contribution in [-0.2, 0) is 9.59 Å². The first kappa shape index (κ1) is 15.3. The Kier molecular flexibility index (Phi) is 4.68. The molecule has 3 atom stereocenters. The Morgan fingerprint density at radius 1 is 1.40 bits per heavy atom. The zero-order valence-electron chi connectivity index (χ0n) is 12.4. The fourth-order valence-corrected chi connectivity index (χ4v) is 3.16. The van der Waals surface area contributed by atoms with E-state index in [4.69, 9.17) is 0 Å². The third kappa shape index (κ3) is 3.51. The van der Waals surface area contributed by atoms with Crippen LogP contribution in [0.25, 0.3) is 0 Å². The van der Waals surface area contributed by atoms with Crippen molar-refractivity contribution in [3.05, 3.63) is 0 Å². The Hall–Kier alpha value is -1.10. The number of carboxylic acids is 1. The summed E-state index contributed by atoms with van der Waals surface area (Å²) in [4.78, 5) is 23.6. The molecule has 1 aliphatic carbocycles. The number of amides is 1. The lowest BCUT2D eigenvalue weighted by Crippen LogP contribution is -2.54. The van der Waals surface area contributed by atoms with Crippen LogP contribution in [0.2, 0.25) is 0 Å². The zero-order chi connectivity index (χ0) is 14.8. The number of hydrogen-bond acceptors (Lipinski definition) is 3. The van der Waals surface area contributed by atoms with Gasteiger partial charge in [-0.05, 0) is 63.5 Å². The van der Waals surface area contributed by atoms with Gasteiger partial charge in [-0.1, -0.05) is 6.92 Å². The molecule has 1 heterocycles. The van der Waals surface area contributed by atoms with Crippen molar-refractivity contribution in [1.82, 2.24) is 10.6 Å². The van der Waals surface area contributed by atoms with E-state index in [1.165, 1.54) is 0 Å². The van der Waals surface area contributed by atoms with Crippen LogP contribution < -0.4 is 10.6 Å². The standard InChI is InChI=1S/C15H26N2O3/c1-10(11-4-3-7-16-9-11)8-13(18)17-15(2,14(19)20)12-5-6-12/h10-12,16H,3-9H2,1-2H3,(H,17,18)(H,19,20). The number of carbonyl (C=O) groups excluding carboxylic acids is 1. The SMILES string of the molecule is CC(CC(=O)NC(C)(C(=O)O)C1CC1)C1CCCNC1. The summed E-state index contributed by atoms with van der Waals surface area (Å²) in [5, 5.41) is 15.5. The van der Waals surface area contributed by atoms with Crippen molar-refractivity contribution in [2.75, 3.05) is 13.1 Å². The zero-order valence-corrected chi connectivity index (χ0v) is 12.4. The van der Waals surface area contributed by atoms with E-state index in [0.717, 1.165) is 38.8 Å². The normalized spacial score (nSPS) is 27.4. The number of carbonyl (C=O) groups is 2. The van der Waals surface area contributed by atoms with Crippen LogP contribution in [0.4, 0.5) is 0 Å². The lowest BCUT2D eigenvalue weighted by Gasteiger charge is -2.30. The van der Waals surface area contributed by atoms with Crippen molar-refractivity contribution >= 4 is 11.9 Å². The van der Waals surface area contributed by atoms with E-state index in [1.54, 1.807) is 6.92 Å². The van der Waals surface area contributed by atoms with Crippen LogP contribution in [0.15, 0.2) is 0 Å². The number of piperidine rings is 1. The number of aliphatic carboxylic acids is 1. The molecule has 1 aliphatic heterocycles. The molecule has 2 fully saturated rings. The van der Waals surface area contributed by atoms with Gasteiger partial charge < -0.3 is 15.7 Å². The second-order valence-corrected chi connectivity index (χ2v) is 6.62. The fourth-order valence-electron chi connectivity index (χ4n) is 3.16. The third-order valence-electron chi connectivity index (χ3n) is 4.88. The Labute approximate surface area is 120 Å². The van der Waals surface area contributed by atoms with Gasteiger partial charge >= 0.3 is 5.97 Å².